The molecular weight excluding hydrogens is 528 g/mol. The van der Waals surface area contributed by atoms with Crippen LogP contribution in [0.1, 0.15) is 34.6 Å². The zero-order valence-electron chi connectivity index (χ0n) is 21.7. The third kappa shape index (κ3) is 7.12. The van der Waals surface area contributed by atoms with Gasteiger partial charge in [0.05, 0.1) is 23.8 Å². The molecule has 0 saturated heterocycles. The molecule has 11 nitrogen and oxygen atoms in total. The molecule has 0 saturated carbocycles. The normalized spacial score (nSPS) is 13.2. The van der Waals surface area contributed by atoms with Gasteiger partial charge in [0.15, 0.2) is 6.61 Å². The molecule has 1 aliphatic heterocycles. The van der Waals surface area contributed by atoms with Gasteiger partial charge >= 0.3 is 5.97 Å². The molecular formula is C27H29ClN4O7. The lowest BCUT2D eigenvalue weighted by Crippen LogP contribution is -2.41. The Kier molecular flexibility index (Phi) is 9.50. The summed E-state index contributed by atoms with van der Waals surface area (Å²) in [6.07, 6.45) is 0.887. The van der Waals surface area contributed by atoms with Crippen LogP contribution < -0.4 is 9.64 Å². The van der Waals surface area contributed by atoms with Crippen LogP contribution in [-0.2, 0) is 38.4 Å². The monoisotopic (exact) mass is 556 g/mol. The maximum atomic E-state index is 13.6. The molecule has 2 aromatic carbocycles. The van der Waals surface area contributed by atoms with E-state index in [0.29, 0.717) is 55.8 Å². The number of benzene rings is 2. The van der Waals surface area contributed by atoms with Gasteiger partial charge in [0, 0.05) is 38.7 Å². The van der Waals surface area contributed by atoms with E-state index in [1.54, 1.807) is 31.1 Å². The van der Waals surface area contributed by atoms with Crippen molar-refractivity contribution in [1.82, 2.24) is 15.1 Å². The van der Waals surface area contributed by atoms with Crippen LogP contribution in [0.25, 0.3) is 0 Å². The Morgan fingerprint density at radius 2 is 1.85 bits per heavy atom. The van der Waals surface area contributed by atoms with Gasteiger partial charge in [-0.1, -0.05) is 29.8 Å². The third-order valence-electron chi connectivity index (χ3n) is 5.99. The lowest BCUT2D eigenvalue weighted by Gasteiger charge is -2.23. The number of rotatable bonds is 11. The first kappa shape index (κ1) is 28.1. The number of hydrogen-bond acceptors (Lipinski definition) is 9. The van der Waals surface area contributed by atoms with E-state index in [0.717, 1.165) is 5.56 Å². The number of methoxy groups -OCH3 is 1. The molecule has 0 unspecified atom stereocenters. The fourth-order valence-electron chi connectivity index (χ4n) is 4.07. The Hall–Kier alpha value is -3.96. The average Bonchev–Trinajstić information content (AvgIpc) is 3.33. The number of esters is 1. The minimum Gasteiger partial charge on any atom is -0.482 e. The van der Waals surface area contributed by atoms with Crippen LogP contribution in [0, 0.1) is 0 Å². The minimum absolute atomic E-state index is 0.132. The largest absolute Gasteiger partial charge is 0.482 e. The molecule has 2 heterocycles. The van der Waals surface area contributed by atoms with E-state index in [4.69, 9.17) is 30.2 Å². The molecule has 3 aromatic rings. The Bertz CT molecular complexity index is 1330. The summed E-state index contributed by atoms with van der Waals surface area (Å²) in [7, 11) is 1.60. The molecule has 12 heteroatoms. The molecule has 0 N–H and O–H groups in total. The van der Waals surface area contributed by atoms with Gasteiger partial charge in [-0.05, 0) is 36.8 Å². The van der Waals surface area contributed by atoms with Crippen LogP contribution in [0.5, 0.6) is 5.75 Å². The molecule has 2 amide bonds. The van der Waals surface area contributed by atoms with Crippen molar-refractivity contribution in [3.05, 3.63) is 70.4 Å². The van der Waals surface area contributed by atoms with Crippen molar-refractivity contribution < 1.29 is 33.0 Å². The number of amides is 2. The second-order valence-corrected chi connectivity index (χ2v) is 9.06. The molecule has 0 radical (unpaired) electrons. The van der Waals surface area contributed by atoms with Crippen molar-refractivity contribution >= 4 is 35.1 Å². The highest BCUT2D eigenvalue weighted by Crippen LogP contribution is 2.30. The molecule has 0 aliphatic carbocycles. The predicted molar refractivity (Wildman–Crippen MR) is 141 cm³/mol. The number of carbonyl (C=O) groups is 3. The summed E-state index contributed by atoms with van der Waals surface area (Å²) >= 11 is 6.43. The molecule has 1 aromatic heterocycles. The van der Waals surface area contributed by atoms with Gasteiger partial charge in [-0.2, -0.15) is 0 Å². The van der Waals surface area contributed by atoms with E-state index >= 15 is 0 Å². The maximum Gasteiger partial charge on any atom is 0.344 e. The van der Waals surface area contributed by atoms with E-state index in [1.165, 1.54) is 17.0 Å². The summed E-state index contributed by atoms with van der Waals surface area (Å²) in [6.45, 7) is 2.63. The molecule has 0 spiro atoms. The number of halogens is 1. The number of hydrogen-bond donors (Lipinski definition) is 0. The number of anilines is 1. The quantitative estimate of drug-likeness (QED) is 0.328. The average molecular weight is 557 g/mol. The summed E-state index contributed by atoms with van der Waals surface area (Å²) in [5, 5.41) is 8.19. The van der Waals surface area contributed by atoms with E-state index in [9.17, 15) is 14.4 Å². The summed E-state index contributed by atoms with van der Waals surface area (Å²) in [4.78, 5) is 41.6. The van der Waals surface area contributed by atoms with Gasteiger partial charge in [-0.15, -0.1) is 10.2 Å². The predicted octanol–water partition coefficient (Wildman–Crippen LogP) is 3.09. The van der Waals surface area contributed by atoms with Crippen LogP contribution >= 0.6 is 11.6 Å². The maximum absolute atomic E-state index is 13.6. The first-order valence-corrected chi connectivity index (χ1v) is 12.8. The number of fused-ring (bicyclic) bond motifs is 1. The Morgan fingerprint density at radius 3 is 2.59 bits per heavy atom. The SMILES string of the molecule is CCOC(=O)COc1ccc(C(=O)N2CC(=O)N(CCc3nnc(CCOC)o3)Cc3ccccc32)c(Cl)c1. The van der Waals surface area contributed by atoms with E-state index in [2.05, 4.69) is 10.2 Å². The Balaban J connectivity index is 1.48. The number of nitrogens with zero attached hydrogens (tertiary/aromatic N) is 4. The molecule has 4 rings (SSSR count). The molecule has 39 heavy (non-hydrogen) atoms. The van der Waals surface area contributed by atoms with Gasteiger partial charge in [0.1, 0.15) is 12.3 Å². The van der Waals surface area contributed by atoms with Gasteiger partial charge < -0.3 is 23.5 Å². The standard InChI is InChI=1S/C27H29ClN4O7/c1-3-37-26(34)17-38-19-8-9-20(21(28)14-19)27(35)32-16-25(33)31(15-18-6-4-5-7-22(18)32)12-10-23-29-30-24(39-23)11-13-36-2/h4-9,14H,3,10-13,15-17H2,1-2H3. The zero-order valence-corrected chi connectivity index (χ0v) is 22.5. The molecule has 0 atom stereocenters. The van der Waals surface area contributed by atoms with Crippen LogP contribution in [0.4, 0.5) is 5.69 Å². The Labute approximate surface area is 230 Å². The van der Waals surface area contributed by atoms with Crippen molar-refractivity contribution in [3.63, 3.8) is 0 Å². The van der Waals surface area contributed by atoms with Crippen LogP contribution in [0.3, 0.4) is 0 Å². The topological polar surface area (TPSA) is 124 Å². The number of para-hydroxylation sites is 1. The number of ether oxygens (including phenoxy) is 3. The smallest absolute Gasteiger partial charge is 0.344 e. The first-order valence-electron chi connectivity index (χ1n) is 12.4. The van der Waals surface area contributed by atoms with Crippen molar-refractivity contribution in [1.29, 1.82) is 0 Å². The minimum atomic E-state index is -0.511. The van der Waals surface area contributed by atoms with Gasteiger partial charge in [-0.3, -0.25) is 14.5 Å². The summed E-state index contributed by atoms with van der Waals surface area (Å²) in [5.74, 6) is 0.0448. The van der Waals surface area contributed by atoms with Gasteiger partial charge in [0.25, 0.3) is 5.91 Å². The lowest BCUT2D eigenvalue weighted by atomic mass is 10.1. The summed E-state index contributed by atoms with van der Waals surface area (Å²) in [5.41, 5.74) is 1.64. The molecule has 206 valence electrons. The van der Waals surface area contributed by atoms with Gasteiger partial charge in [-0.25, -0.2) is 4.79 Å². The third-order valence-corrected chi connectivity index (χ3v) is 6.30. The molecule has 0 bridgehead atoms. The highest BCUT2D eigenvalue weighted by Gasteiger charge is 2.30. The van der Waals surface area contributed by atoms with Crippen LogP contribution in [0.15, 0.2) is 46.9 Å². The second-order valence-electron chi connectivity index (χ2n) is 8.65. The van der Waals surface area contributed by atoms with E-state index in [-0.39, 0.29) is 36.3 Å². The zero-order chi connectivity index (χ0) is 27.8. The lowest BCUT2D eigenvalue weighted by molar-refractivity contribution is -0.145. The van der Waals surface area contributed by atoms with Crippen molar-refractivity contribution in [2.24, 2.45) is 0 Å². The van der Waals surface area contributed by atoms with Crippen LogP contribution in [-0.4, -0.2) is 72.9 Å². The van der Waals surface area contributed by atoms with Crippen LogP contribution in [0.2, 0.25) is 5.02 Å². The van der Waals surface area contributed by atoms with Crippen molar-refractivity contribution in [2.45, 2.75) is 26.3 Å². The van der Waals surface area contributed by atoms with Crippen molar-refractivity contribution in [3.8, 4) is 5.75 Å². The fourth-order valence-corrected chi connectivity index (χ4v) is 4.32. The Morgan fingerprint density at radius 1 is 1.08 bits per heavy atom. The number of aromatic nitrogens is 2. The molecule has 1 aliphatic rings. The first-order chi connectivity index (χ1) is 18.9. The van der Waals surface area contributed by atoms with Gasteiger partial charge in [0.2, 0.25) is 17.7 Å². The van der Waals surface area contributed by atoms with E-state index in [1.807, 2.05) is 18.2 Å². The van der Waals surface area contributed by atoms with E-state index < -0.39 is 11.9 Å². The number of carbonyl (C=O) groups excluding carboxylic acids is 3. The second kappa shape index (κ2) is 13.2. The highest BCUT2D eigenvalue weighted by molar-refractivity contribution is 6.34. The highest BCUT2D eigenvalue weighted by atomic mass is 35.5. The fraction of sp³-hybridized carbons (Fsp3) is 0.370. The summed E-state index contributed by atoms with van der Waals surface area (Å²) < 4.78 is 20.9. The molecule has 0 fully saturated rings. The summed E-state index contributed by atoms with van der Waals surface area (Å²) in [6, 6.07) is 11.9. The van der Waals surface area contributed by atoms with Crippen molar-refractivity contribution in [2.75, 3.05) is 44.9 Å².